The fourth-order valence-corrected chi connectivity index (χ4v) is 1.79. The van der Waals surface area contributed by atoms with E-state index in [9.17, 15) is 9.18 Å². The number of aryl methyl sites for hydroxylation is 1. The largest absolute Gasteiger partial charge is 0.368 e. The van der Waals surface area contributed by atoms with Gasteiger partial charge in [0.15, 0.2) is 11.6 Å². The Labute approximate surface area is 122 Å². The third-order valence-electron chi connectivity index (χ3n) is 2.94. The van der Waals surface area contributed by atoms with Crippen LogP contribution in [0.4, 0.5) is 15.9 Å². The Bertz CT molecular complexity index is 645. The standard InChI is InChI=1S/C15H17FN4O/c1-3-6-18-14-13(16)11(4-8-19-14)15(21)20-12-5-7-17-9-10(12)2/h4-5,7-9H,3,6H2,1-2H3,(H,18,19)(H,17,20,21). The van der Waals surface area contributed by atoms with Gasteiger partial charge in [0, 0.05) is 30.8 Å². The van der Waals surface area contributed by atoms with Crippen LogP contribution >= 0.6 is 0 Å². The highest BCUT2D eigenvalue weighted by atomic mass is 19.1. The van der Waals surface area contributed by atoms with E-state index in [1.165, 1.54) is 12.3 Å². The molecule has 0 aliphatic carbocycles. The zero-order chi connectivity index (χ0) is 15.2. The van der Waals surface area contributed by atoms with Crippen molar-refractivity contribution in [2.75, 3.05) is 17.2 Å². The van der Waals surface area contributed by atoms with Crippen molar-refractivity contribution in [2.45, 2.75) is 20.3 Å². The first-order valence-electron chi connectivity index (χ1n) is 6.73. The molecule has 0 unspecified atom stereocenters. The van der Waals surface area contributed by atoms with E-state index in [2.05, 4.69) is 20.6 Å². The molecule has 21 heavy (non-hydrogen) atoms. The summed E-state index contributed by atoms with van der Waals surface area (Å²) in [4.78, 5) is 20.0. The lowest BCUT2D eigenvalue weighted by Gasteiger charge is -2.10. The Morgan fingerprint density at radius 2 is 2.14 bits per heavy atom. The minimum atomic E-state index is -0.643. The molecule has 0 radical (unpaired) electrons. The van der Waals surface area contributed by atoms with Gasteiger partial charge in [0.05, 0.1) is 5.56 Å². The number of nitrogens with one attached hydrogen (secondary N) is 2. The van der Waals surface area contributed by atoms with Crippen molar-refractivity contribution in [3.05, 3.63) is 47.7 Å². The topological polar surface area (TPSA) is 66.9 Å². The molecule has 2 aromatic rings. The number of carbonyl (C=O) groups excluding carboxylic acids is 1. The monoisotopic (exact) mass is 288 g/mol. The van der Waals surface area contributed by atoms with Crippen LogP contribution in [0, 0.1) is 12.7 Å². The third-order valence-corrected chi connectivity index (χ3v) is 2.94. The van der Waals surface area contributed by atoms with Gasteiger partial charge in [-0.25, -0.2) is 9.37 Å². The highest BCUT2D eigenvalue weighted by Crippen LogP contribution is 2.18. The molecule has 0 saturated carbocycles. The second-order valence-corrected chi connectivity index (χ2v) is 4.59. The average molecular weight is 288 g/mol. The molecule has 0 aliphatic heterocycles. The SMILES string of the molecule is CCCNc1nccc(C(=O)Nc2ccncc2C)c1F. The summed E-state index contributed by atoms with van der Waals surface area (Å²) < 4.78 is 14.3. The van der Waals surface area contributed by atoms with Gasteiger partial charge >= 0.3 is 0 Å². The van der Waals surface area contributed by atoms with Gasteiger partial charge in [-0.2, -0.15) is 0 Å². The molecule has 0 fully saturated rings. The number of amides is 1. The Kier molecular flexibility index (Phi) is 4.81. The second kappa shape index (κ2) is 6.78. The normalized spacial score (nSPS) is 10.2. The fourth-order valence-electron chi connectivity index (χ4n) is 1.79. The van der Waals surface area contributed by atoms with E-state index in [1.54, 1.807) is 18.5 Å². The first kappa shape index (κ1) is 14.9. The summed E-state index contributed by atoms with van der Waals surface area (Å²) in [6.07, 6.45) is 5.45. The molecule has 1 amide bonds. The molecule has 2 heterocycles. The molecule has 2 rings (SSSR count). The summed E-state index contributed by atoms with van der Waals surface area (Å²) >= 11 is 0. The molecule has 2 aromatic heterocycles. The summed E-state index contributed by atoms with van der Waals surface area (Å²) in [5.74, 6) is -1.06. The Morgan fingerprint density at radius 3 is 2.86 bits per heavy atom. The van der Waals surface area contributed by atoms with Crippen LogP contribution in [-0.2, 0) is 0 Å². The van der Waals surface area contributed by atoms with Gasteiger partial charge in [-0.1, -0.05) is 6.92 Å². The molecule has 2 N–H and O–H groups in total. The predicted molar refractivity (Wildman–Crippen MR) is 79.9 cm³/mol. The first-order valence-corrected chi connectivity index (χ1v) is 6.73. The van der Waals surface area contributed by atoms with E-state index in [0.29, 0.717) is 12.2 Å². The number of carbonyl (C=O) groups is 1. The summed E-state index contributed by atoms with van der Waals surface area (Å²) in [6, 6.07) is 3.03. The second-order valence-electron chi connectivity index (χ2n) is 4.59. The maximum absolute atomic E-state index is 14.3. The molecule has 6 heteroatoms. The van der Waals surface area contributed by atoms with Gasteiger partial charge in [0.1, 0.15) is 0 Å². The quantitative estimate of drug-likeness (QED) is 0.887. The number of hydrogen-bond acceptors (Lipinski definition) is 4. The molecule has 0 saturated heterocycles. The number of aromatic nitrogens is 2. The van der Waals surface area contributed by atoms with E-state index >= 15 is 0 Å². The summed E-state index contributed by atoms with van der Waals surface area (Å²) in [6.45, 7) is 4.38. The van der Waals surface area contributed by atoms with Gasteiger partial charge in [-0.05, 0) is 31.0 Å². The molecule has 110 valence electrons. The van der Waals surface area contributed by atoms with Gasteiger partial charge < -0.3 is 10.6 Å². The van der Waals surface area contributed by atoms with Crippen LogP contribution in [0.3, 0.4) is 0 Å². The number of nitrogens with zero attached hydrogens (tertiary/aromatic N) is 2. The molecule has 0 aliphatic rings. The number of anilines is 2. The molecule has 0 bridgehead atoms. The van der Waals surface area contributed by atoms with Crippen LogP contribution in [0.25, 0.3) is 0 Å². The van der Waals surface area contributed by atoms with Gasteiger partial charge in [0.2, 0.25) is 0 Å². The number of rotatable bonds is 5. The van der Waals surface area contributed by atoms with Crippen LogP contribution in [0.2, 0.25) is 0 Å². The van der Waals surface area contributed by atoms with E-state index in [1.807, 2.05) is 13.8 Å². The van der Waals surface area contributed by atoms with Crippen molar-refractivity contribution in [3.8, 4) is 0 Å². The summed E-state index contributed by atoms with van der Waals surface area (Å²) in [7, 11) is 0. The zero-order valence-corrected chi connectivity index (χ0v) is 12.0. The molecular formula is C15H17FN4O. The third kappa shape index (κ3) is 3.53. The minimum Gasteiger partial charge on any atom is -0.368 e. The van der Waals surface area contributed by atoms with E-state index in [-0.39, 0.29) is 11.4 Å². The number of halogens is 1. The van der Waals surface area contributed by atoms with Crippen molar-refractivity contribution in [3.63, 3.8) is 0 Å². The molecule has 0 spiro atoms. The first-order chi connectivity index (χ1) is 10.1. The van der Waals surface area contributed by atoms with Gasteiger partial charge in [-0.15, -0.1) is 0 Å². The summed E-state index contributed by atoms with van der Waals surface area (Å²) in [5.41, 5.74) is 1.37. The van der Waals surface area contributed by atoms with Crippen molar-refractivity contribution in [2.24, 2.45) is 0 Å². The molecule has 0 aromatic carbocycles. The highest BCUT2D eigenvalue weighted by molar-refractivity contribution is 6.05. The van der Waals surface area contributed by atoms with Crippen LogP contribution in [0.15, 0.2) is 30.7 Å². The number of pyridine rings is 2. The van der Waals surface area contributed by atoms with Gasteiger partial charge in [0.25, 0.3) is 5.91 Å². The Balaban J connectivity index is 2.21. The van der Waals surface area contributed by atoms with Crippen LogP contribution in [0.5, 0.6) is 0 Å². The maximum Gasteiger partial charge on any atom is 0.258 e. The molecular weight excluding hydrogens is 271 g/mol. The van der Waals surface area contributed by atoms with Crippen LogP contribution < -0.4 is 10.6 Å². The Morgan fingerprint density at radius 1 is 1.33 bits per heavy atom. The van der Waals surface area contributed by atoms with E-state index < -0.39 is 11.7 Å². The van der Waals surface area contributed by atoms with Crippen molar-refractivity contribution >= 4 is 17.4 Å². The maximum atomic E-state index is 14.3. The molecule has 0 atom stereocenters. The average Bonchev–Trinajstić information content (AvgIpc) is 2.48. The van der Waals surface area contributed by atoms with Crippen molar-refractivity contribution < 1.29 is 9.18 Å². The predicted octanol–water partition coefficient (Wildman–Crippen LogP) is 3.00. The number of hydrogen-bond donors (Lipinski definition) is 2. The molecule has 5 nitrogen and oxygen atoms in total. The Hall–Kier alpha value is -2.50. The van der Waals surface area contributed by atoms with Gasteiger partial charge in [-0.3, -0.25) is 9.78 Å². The van der Waals surface area contributed by atoms with Crippen molar-refractivity contribution in [1.29, 1.82) is 0 Å². The van der Waals surface area contributed by atoms with Crippen molar-refractivity contribution in [1.82, 2.24) is 9.97 Å². The van der Waals surface area contributed by atoms with E-state index in [0.717, 1.165) is 12.0 Å². The lowest BCUT2D eigenvalue weighted by atomic mass is 10.2. The minimum absolute atomic E-state index is 0.0418. The lowest BCUT2D eigenvalue weighted by Crippen LogP contribution is -2.16. The zero-order valence-electron chi connectivity index (χ0n) is 12.0. The highest BCUT2D eigenvalue weighted by Gasteiger charge is 2.16. The smallest absolute Gasteiger partial charge is 0.258 e. The fraction of sp³-hybridized carbons (Fsp3) is 0.267. The van der Waals surface area contributed by atoms with Crippen LogP contribution in [-0.4, -0.2) is 22.4 Å². The van der Waals surface area contributed by atoms with Crippen LogP contribution in [0.1, 0.15) is 29.3 Å². The summed E-state index contributed by atoms with van der Waals surface area (Å²) in [5, 5.41) is 5.53. The lowest BCUT2D eigenvalue weighted by molar-refractivity contribution is 0.102. The van der Waals surface area contributed by atoms with E-state index in [4.69, 9.17) is 0 Å².